The first-order chi connectivity index (χ1) is 14.5. The Morgan fingerprint density at radius 2 is 1.90 bits per heavy atom. The second kappa shape index (κ2) is 10.2. The molecule has 30 heavy (non-hydrogen) atoms. The van der Waals surface area contributed by atoms with Gasteiger partial charge >= 0.3 is 0 Å². The highest BCUT2D eigenvalue weighted by Crippen LogP contribution is 2.26. The van der Waals surface area contributed by atoms with Gasteiger partial charge < -0.3 is 19.4 Å². The van der Waals surface area contributed by atoms with Gasteiger partial charge in [0.2, 0.25) is 5.91 Å². The number of nitrogens with zero attached hydrogens (tertiary/aromatic N) is 3. The number of ether oxygens (including phenoxy) is 2. The summed E-state index contributed by atoms with van der Waals surface area (Å²) in [7, 11) is 1.61. The minimum absolute atomic E-state index is 0.110. The topological polar surface area (TPSA) is 78.3 Å². The molecule has 3 aromatic rings. The molecule has 7 nitrogen and oxygen atoms in total. The number of nitrogens with one attached hydrogen (secondary N) is 1. The maximum Gasteiger partial charge on any atom is 0.234 e. The largest absolute Gasteiger partial charge is 0.497 e. The molecule has 0 saturated heterocycles. The Morgan fingerprint density at radius 3 is 2.57 bits per heavy atom. The lowest BCUT2D eigenvalue weighted by atomic mass is 10.2. The van der Waals surface area contributed by atoms with Crippen LogP contribution in [0.4, 0.5) is 5.69 Å². The molecule has 0 bridgehead atoms. The van der Waals surface area contributed by atoms with E-state index in [0.717, 1.165) is 28.6 Å². The molecular weight excluding hydrogens is 400 g/mol. The van der Waals surface area contributed by atoms with Crippen LogP contribution in [0.1, 0.15) is 31.3 Å². The molecule has 3 rings (SSSR count). The number of aryl methyl sites for hydroxylation is 1. The van der Waals surface area contributed by atoms with Gasteiger partial charge in [-0.25, -0.2) is 0 Å². The fourth-order valence-corrected chi connectivity index (χ4v) is 3.75. The molecular formula is C22H26N4O3S. The minimum atomic E-state index is -0.263. The van der Waals surface area contributed by atoms with Crippen LogP contribution in [0.5, 0.6) is 11.5 Å². The van der Waals surface area contributed by atoms with E-state index < -0.39 is 0 Å². The van der Waals surface area contributed by atoms with Crippen molar-refractivity contribution in [3.8, 4) is 11.5 Å². The fraction of sp³-hybridized carbons (Fsp3) is 0.318. The second-order valence-electron chi connectivity index (χ2n) is 6.68. The summed E-state index contributed by atoms with van der Waals surface area (Å²) >= 11 is 1.35. The van der Waals surface area contributed by atoms with Gasteiger partial charge in [0, 0.05) is 12.2 Å². The highest BCUT2D eigenvalue weighted by molar-refractivity contribution is 7.99. The number of rotatable bonds is 9. The first-order valence-corrected chi connectivity index (χ1v) is 10.7. The van der Waals surface area contributed by atoms with Crippen molar-refractivity contribution >= 4 is 23.4 Å². The second-order valence-corrected chi connectivity index (χ2v) is 7.62. The van der Waals surface area contributed by atoms with E-state index in [1.807, 2.05) is 49.6 Å². The summed E-state index contributed by atoms with van der Waals surface area (Å²) in [4.78, 5) is 12.3. The van der Waals surface area contributed by atoms with Crippen molar-refractivity contribution < 1.29 is 14.3 Å². The Balaban J connectivity index is 1.62. The van der Waals surface area contributed by atoms with Crippen molar-refractivity contribution in [2.75, 3.05) is 18.2 Å². The average Bonchev–Trinajstić information content (AvgIpc) is 3.17. The van der Waals surface area contributed by atoms with Crippen LogP contribution < -0.4 is 14.8 Å². The highest BCUT2D eigenvalue weighted by atomic mass is 32.2. The van der Waals surface area contributed by atoms with Gasteiger partial charge in [0.05, 0.1) is 12.9 Å². The molecule has 0 aliphatic rings. The van der Waals surface area contributed by atoms with Crippen molar-refractivity contribution in [3.05, 3.63) is 59.9 Å². The van der Waals surface area contributed by atoms with Crippen molar-refractivity contribution in [1.29, 1.82) is 0 Å². The number of aromatic nitrogens is 3. The molecule has 8 heteroatoms. The first-order valence-electron chi connectivity index (χ1n) is 9.74. The molecule has 2 aromatic carbocycles. The van der Waals surface area contributed by atoms with E-state index >= 15 is 0 Å². The first kappa shape index (κ1) is 21.7. The van der Waals surface area contributed by atoms with Crippen LogP contribution in [0.2, 0.25) is 0 Å². The number of benzene rings is 2. The average molecular weight is 427 g/mol. The summed E-state index contributed by atoms with van der Waals surface area (Å²) in [5.74, 6) is 2.43. The molecule has 0 fully saturated rings. The molecule has 0 saturated carbocycles. The lowest BCUT2D eigenvalue weighted by Gasteiger charge is -2.17. The summed E-state index contributed by atoms with van der Waals surface area (Å²) in [6.07, 6.45) is -0.263. The SMILES string of the molecule is CCn1c(SCC(=O)Nc2ccc(OC)cc2)nnc1C(C)Oc1ccccc1C. The van der Waals surface area contributed by atoms with Gasteiger partial charge in [-0.15, -0.1) is 10.2 Å². The Hall–Kier alpha value is -3.00. The Bertz CT molecular complexity index is 988. The van der Waals surface area contributed by atoms with Gasteiger partial charge in [-0.2, -0.15) is 0 Å². The molecule has 0 radical (unpaired) electrons. The van der Waals surface area contributed by atoms with Crippen LogP contribution in [0, 0.1) is 6.92 Å². The molecule has 1 unspecified atom stereocenters. The summed E-state index contributed by atoms with van der Waals surface area (Å²) in [5, 5.41) is 12.2. The van der Waals surface area contributed by atoms with Gasteiger partial charge in [0.15, 0.2) is 17.1 Å². The van der Waals surface area contributed by atoms with E-state index in [4.69, 9.17) is 9.47 Å². The number of carbonyl (C=O) groups is 1. The van der Waals surface area contributed by atoms with Crippen molar-refractivity contribution in [2.45, 2.75) is 38.6 Å². The Labute approximate surface area is 180 Å². The van der Waals surface area contributed by atoms with E-state index in [0.29, 0.717) is 11.7 Å². The molecule has 158 valence electrons. The van der Waals surface area contributed by atoms with Crippen LogP contribution in [0.15, 0.2) is 53.7 Å². The highest BCUT2D eigenvalue weighted by Gasteiger charge is 2.20. The summed E-state index contributed by atoms with van der Waals surface area (Å²) in [6, 6.07) is 15.1. The van der Waals surface area contributed by atoms with Crippen LogP contribution in [0.25, 0.3) is 0 Å². The number of thioether (sulfide) groups is 1. The zero-order valence-corrected chi connectivity index (χ0v) is 18.4. The quantitative estimate of drug-likeness (QED) is 0.508. The number of amides is 1. The third-order valence-electron chi connectivity index (χ3n) is 4.53. The van der Waals surface area contributed by atoms with Crippen LogP contribution in [0.3, 0.4) is 0 Å². The molecule has 1 amide bonds. The number of para-hydroxylation sites is 1. The van der Waals surface area contributed by atoms with E-state index in [1.54, 1.807) is 31.4 Å². The smallest absolute Gasteiger partial charge is 0.234 e. The van der Waals surface area contributed by atoms with Gasteiger partial charge in [0.1, 0.15) is 11.5 Å². The standard InChI is InChI=1S/C22H26N4O3S/c1-5-26-21(16(3)29-19-9-7-6-8-15(19)2)24-25-22(26)30-14-20(27)23-17-10-12-18(28-4)13-11-17/h6-13,16H,5,14H2,1-4H3,(H,23,27). The lowest BCUT2D eigenvalue weighted by Crippen LogP contribution is -2.15. The van der Waals surface area contributed by atoms with Crippen molar-refractivity contribution in [2.24, 2.45) is 0 Å². The monoisotopic (exact) mass is 426 g/mol. The van der Waals surface area contributed by atoms with Gasteiger partial charge in [-0.05, 0) is 56.7 Å². The van der Waals surface area contributed by atoms with E-state index in [1.165, 1.54) is 11.8 Å². The van der Waals surface area contributed by atoms with Crippen molar-refractivity contribution in [1.82, 2.24) is 14.8 Å². The zero-order chi connectivity index (χ0) is 21.5. The van der Waals surface area contributed by atoms with Crippen molar-refractivity contribution in [3.63, 3.8) is 0 Å². The molecule has 0 aliphatic carbocycles. The predicted octanol–water partition coefficient (Wildman–Crippen LogP) is 4.49. The molecule has 0 aliphatic heterocycles. The Kier molecular flexibility index (Phi) is 7.35. The van der Waals surface area contributed by atoms with Crippen LogP contribution in [-0.4, -0.2) is 33.5 Å². The van der Waals surface area contributed by atoms with E-state index in [9.17, 15) is 4.79 Å². The number of hydrogen-bond acceptors (Lipinski definition) is 6. The maximum absolute atomic E-state index is 12.3. The van der Waals surface area contributed by atoms with Gasteiger partial charge in [0.25, 0.3) is 0 Å². The van der Waals surface area contributed by atoms with E-state index in [2.05, 4.69) is 15.5 Å². The van der Waals surface area contributed by atoms with Gasteiger partial charge in [-0.3, -0.25) is 4.79 Å². The summed E-state index contributed by atoms with van der Waals surface area (Å²) in [5.41, 5.74) is 1.79. The number of hydrogen-bond donors (Lipinski definition) is 1. The van der Waals surface area contributed by atoms with Crippen LogP contribution >= 0.6 is 11.8 Å². The third-order valence-corrected chi connectivity index (χ3v) is 5.50. The Morgan fingerprint density at radius 1 is 1.17 bits per heavy atom. The minimum Gasteiger partial charge on any atom is -0.497 e. The number of methoxy groups -OCH3 is 1. The normalized spacial score (nSPS) is 11.7. The zero-order valence-electron chi connectivity index (χ0n) is 17.6. The maximum atomic E-state index is 12.3. The lowest BCUT2D eigenvalue weighted by molar-refractivity contribution is -0.113. The van der Waals surface area contributed by atoms with Gasteiger partial charge in [-0.1, -0.05) is 30.0 Å². The van der Waals surface area contributed by atoms with E-state index in [-0.39, 0.29) is 17.8 Å². The molecule has 1 atom stereocenters. The molecule has 0 spiro atoms. The molecule has 1 N–H and O–H groups in total. The fourth-order valence-electron chi connectivity index (χ4n) is 2.94. The molecule has 1 aromatic heterocycles. The number of anilines is 1. The number of carbonyl (C=O) groups excluding carboxylic acids is 1. The third kappa shape index (κ3) is 5.33. The predicted molar refractivity (Wildman–Crippen MR) is 118 cm³/mol. The van der Waals surface area contributed by atoms with Crippen LogP contribution in [-0.2, 0) is 11.3 Å². The molecule has 1 heterocycles. The summed E-state index contributed by atoms with van der Waals surface area (Å²) < 4.78 is 13.2. The summed E-state index contributed by atoms with van der Waals surface area (Å²) in [6.45, 7) is 6.67.